The first kappa shape index (κ1) is 25.0. The summed E-state index contributed by atoms with van der Waals surface area (Å²) in [4.78, 5) is 16.9. The topological polar surface area (TPSA) is 42.0 Å². The molecule has 8 heteroatoms. The van der Waals surface area contributed by atoms with Crippen LogP contribution in [-0.4, -0.2) is 40.5 Å². The zero-order valence-corrected chi connectivity index (χ0v) is 22.5. The maximum atomic E-state index is 13.3. The Morgan fingerprint density at radius 2 is 1.85 bits per heavy atom. The third-order valence-electron chi connectivity index (χ3n) is 6.16. The van der Waals surface area contributed by atoms with Crippen LogP contribution in [0.3, 0.4) is 0 Å². The summed E-state index contributed by atoms with van der Waals surface area (Å²) in [6, 6.07) is 11.5. The van der Waals surface area contributed by atoms with E-state index in [2.05, 4.69) is 15.9 Å². The fraction of sp³-hybridized carbons (Fsp3) is 0.385. The molecule has 2 fully saturated rings. The highest BCUT2D eigenvalue weighted by molar-refractivity contribution is 9.10. The maximum absolute atomic E-state index is 13.3. The van der Waals surface area contributed by atoms with Crippen LogP contribution in [0, 0.1) is 0 Å². The van der Waals surface area contributed by atoms with E-state index in [0.717, 1.165) is 41.3 Å². The predicted octanol–water partition coefficient (Wildman–Crippen LogP) is 6.81. The van der Waals surface area contributed by atoms with Crippen LogP contribution in [0.5, 0.6) is 11.5 Å². The Balaban J connectivity index is 1.59. The Hall–Kier alpha value is -2.09. The van der Waals surface area contributed by atoms with Gasteiger partial charge >= 0.3 is 0 Å². The van der Waals surface area contributed by atoms with E-state index < -0.39 is 0 Å². The van der Waals surface area contributed by atoms with Gasteiger partial charge in [0.2, 0.25) is 0 Å². The van der Waals surface area contributed by atoms with Crippen molar-refractivity contribution in [1.29, 1.82) is 0 Å². The van der Waals surface area contributed by atoms with E-state index >= 15 is 0 Å². The minimum Gasteiger partial charge on any atom is -0.490 e. The van der Waals surface area contributed by atoms with Crippen molar-refractivity contribution in [3.8, 4) is 11.5 Å². The summed E-state index contributed by atoms with van der Waals surface area (Å²) in [5.74, 6) is 1.19. The second-order valence-electron chi connectivity index (χ2n) is 8.52. The number of thiocarbonyl (C=S) groups is 1. The summed E-state index contributed by atoms with van der Waals surface area (Å²) in [7, 11) is 1.86. The molecule has 0 unspecified atom stereocenters. The smallest absolute Gasteiger partial charge is 0.277 e. The van der Waals surface area contributed by atoms with Crippen LogP contribution < -0.4 is 9.47 Å². The second-order valence-corrected chi connectivity index (χ2v) is 10.2. The number of likely N-dealkylation sites (N-methyl/N-ethyl adjacent to an activating group) is 1. The quantitative estimate of drug-likeness (QED) is 0.273. The number of carbonyl (C=O) groups is 1. The zero-order valence-electron chi connectivity index (χ0n) is 19.4. The molecule has 180 valence electrons. The minimum absolute atomic E-state index is 0.0310. The van der Waals surface area contributed by atoms with Crippen LogP contribution in [-0.2, 0) is 11.4 Å². The molecular formula is C26H28BrClN2O3S. The van der Waals surface area contributed by atoms with Gasteiger partial charge < -0.3 is 14.4 Å². The predicted molar refractivity (Wildman–Crippen MR) is 143 cm³/mol. The van der Waals surface area contributed by atoms with Crippen LogP contribution >= 0.6 is 39.7 Å². The Kier molecular flexibility index (Phi) is 8.17. The fourth-order valence-corrected chi connectivity index (χ4v) is 5.44. The molecule has 0 aromatic heterocycles. The maximum Gasteiger partial charge on any atom is 0.277 e. The van der Waals surface area contributed by atoms with Gasteiger partial charge in [-0.2, -0.15) is 0 Å². The number of hydrogen-bond donors (Lipinski definition) is 0. The molecule has 34 heavy (non-hydrogen) atoms. The molecule has 2 aromatic carbocycles. The first-order valence-electron chi connectivity index (χ1n) is 11.6. The molecule has 0 atom stereocenters. The van der Waals surface area contributed by atoms with Crippen LogP contribution in [0.4, 0.5) is 0 Å². The van der Waals surface area contributed by atoms with Gasteiger partial charge in [-0.3, -0.25) is 9.69 Å². The van der Waals surface area contributed by atoms with Crippen molar-refractivity contribution in [2.45, 2.75) is 51.7 Å². The number of benzene rings is 2. The molecule has 0 radical (unpaired) electrons. The van der Waals surface area contributed by atoms with E-state index in [1.54, 1.807) is 0 Å². The Morgan fingerprint density at radius 1 is 1.15 bits per heavy atom. The zero-order chi connectivity index (χ0) is 24.2. The Morgan fingerprint density at radius 3 is 2.53 bits per heavy atom. The largest absolute Gasteiger partial charge is 0.490 e. The summed E-state index contributed by atoms with van der Waals surface area (Å²) in [5.41, 5.74) is 2.40. The Bertz CT molecular complexity index is 1100. The lowest BCUT2D eigenvalue weighted by molar-refractivity contribution is -0.124. The van der Waals surface area contributed by atoms with Crippen molar-refractivity contribution in [2.24, 2.45) is 0 Å². The van der Waals surface area contributed by atoms with Crippen molar-refractivity contribution >= 4 is 56.8 Å². The van der Waals surface area contributed by atoms with E-state index in [-0.39, 0.29) is 11.9 Å². The van der Waals surface area contributed by atoms with Crippen molar-refractivity contribution in [3.63, 3.8) is 0 Å². The van der Waals surface area contributed by atoms with Crippen molar-refractivity contribution in [1.82, 2.24) is 9.80 Å². The van der Waals surface area contributed by atoms with Gasteiger partial charge in [-0.15, -0.1) is 0 Å². The summed E-state index contributed by atoms with van der Waals surface area (Å²) in [5, 5.41) is 1.26. The van der Waals surface area contributed by atoms with Crippen molar-refractivity contribution in [3.05, 3.63) is 62.7 Å². The summed E-state index contributed by atoms with van der Waals surface area (Å²) in [6.07, 6.45) is 7.39. The van der Waals surface area contributed by atoms with E-state index in [1.807, 2.05) is 66.2 Å². The summed E-state index contributed by atoms with van der Waals surface area (Å²) >= 11 is 15.3. The molecule has 2 aliphatic rings. The molecule has 1 saturated heterocycles. The first-order chi connectivity index (χ1) is 16.4. The number of nitrogens with zero attached hydrogens (tertiary/aromatic N) is 2. The molecule has 4 rings (SSSR count). The van der Waals surface area contributed by atoms with Crippen LogP contribution in [0.2, 0.25) is 5.02 Å². The highest BCUT2D eigenvalue weighted by Crippen LogP contribution is 2.39. The van der Waals surface area contributed by atoms with E-state index in [1.165, 1.54) is 6.42 Å². The summed E-state index contributed by atoms with van der Waals surface area (Å²) < 4.78 is 12.7. The highest BCUT2D eigenvalue weighted by Gasteiger charge is 2.40. The van der Waals surface area contributed by atoms with Crippen LogP contribution in [0.25, 0.3) is 6.08 Å². The van der Waals surface area contributed by atoms with Crippen LogP contribution in [0.15, 0.2) is 46.6 Å². The average Bonchev–Trinajstić information content (AvgIpc) is 3.03. The molecular weight excluding hydrogens is 536 g/mol. The second kappa shape index (κ2) is 11.1. The highest BCUT2D eigenvalue weighted by atomic mass is 79.9. The first-order valence-corrected chi connectivity index (χ1v) is 13.1. The lowest BCUT2D eigenvalue weighted by Gasteiger charge is -2.30. The van der Waals surface area contributed by atoms with Gasteiger partial charge in [0.15, 0.2) is 16.6 Å². The number of rotatable bonds is 7. The van der Waals surface area contributed by atoms with Gasteiger partial charge in [0.05, 0.1) is 11.1 Å². The normalized spacial score (nSPS) is 18.2. The Labute approximate surface area is 219 Å². The monoisotopic (exact) mass is 562 g/mol. The van der Waals surface area contributed by atoms with E-state index in [9.17, 15) is 4.79 Å². The van der Waals surface area contributed by atoms with Gasteiger partial charge in [-0.25, -0.2) is 0 Å². The molecule has 1 amide bonds. The molecule has 0 bridgehead atoms. The number of amides is 1. The lowest BCUT2D eigenvalue weighted by Crippen LogP contribution is -2.41. The van der Waals surface area contributed by atoms with Gasteiger partial charge in [0.1, 0.15) is 12.3 Å². The van der Waals surface area contributed by atoms with Gasteiger partial charge in [0.25, 0.3) is 5.91 Å². The average molecular weight is 564 g/mol. The number of ether oxygens (including phenoxy) is 2. The number of carbonyl (C=O) groups excluding carboxylic acids is 1. The van der Waals surface area contributed by atoms with Crippen molar-refractivity contribution in [2.75, 3.05) is 13.7 Å². The lowest BCUT2D eigenvalue weighted by atomic mass is 9.94. The third kappa shape index (κ3) is 5.42. The van der Waals surface area contributed by atoms with Crippen LogP contribution in [0.1, 0.15) is 50.2 Å². The number of halogens is 2. The molecule has 2 aromatic rings. The van der Waals surface area contributed by atoms with Gasteiger partial charge in [-0.1, -0.05) is 43.0 Å². The molecule has 1 aliphatic heterocycles. The fourth-order valence-electron chi connectivity index (χ4n) is 4.41. The molecule has 1 saturated carbocycles. The van der Waals surface area contributed by atoms with E-state index in [4.69, 9.17) is 33.3 Å². The number of hydrogen-bond acceptors (Lipinski definition) is 4. The van der Waals surface area contributed by atoms with Gasteiger partial charge in [0, 0.05) is 18.1 Å². The third-order valence-corrected chi connectivity index (χ3v) is 7.48. The van der Waals surface area contributed by atoms with E-state index in [0.29, 0.717) is 40.5 Å². The minimum atomic E-state index is -0.0310. The molecule has 0 N–H and O–H groups in total. The molecule has 1 aliphatic carbocycles. The van der Waals surface area contributed by atoms with Crippen molar-refractivity contribution < 1.29 is 14.3 Å². The molecule has 1 heterocycles. The SMILES string of the molecule is CCOc1cc(/C=C2/C(=O)N(C3CCCCC3)C(=S)N2C)cc(Br)c1OCc1ccc(Cl)cc1. The molecule has 0 spiro atoms. The summed E-state index contributed by atoms with van der Waals surface area (Å²) in [6.45, 7) is 2.79. The van der Waals surface area contributed by atoms with Gasteiger partial charge in [-0.05, 0) is 89.4 Å². The standard InChI is InChI=1S/C26H28BrClN2O3S/c1-3-32-23-15-18(13-21(27)24(23)33-16-17-9-11-19(28)12-10-17)14-22-25(31)30(26(34)29(22)2)20-7-5-4-6-8-20/h9-15,20H,3-8,16H2,1-2H3/b22-14-. The molecule has 5 nitrogen and oxygen atoms in total.